The Morgan fingerprint density at radius 1 is 1.33 bits per heavy atom. The average Bonchev–Trinajstić information content (AvgIpc) is 2.44. The molecule has 0 aliphatic heterocycles. The zero-order chi connectivity index (χ0) is 18.3. The number of pyridine rings is 1. The van der Waals surface area contributed by atoms with Crippen molar-refractivity contribution in [2.45, 2.75) is 51.9 Å². The Morgan fingerprint density at radius 2 is 1.96 bits per heavy atom. The summed E-state index contributed by atoms with van der Waals surface area (Å²) in [6, 6.07) is 1.35. The lowest BCUT2D eigenvalue weighted by Gasteiger charge is -2.37. The molecule has 2 rings (SSSR count). The fourth-order valence-corrected chi connectivity index (χ4v) is 3.58. The predicted octanol–water partition coefficient (Wildman–Crippen LogP) is 4.68. The van der Waals surface area contributed by atoms with Crippen LogP contribution in [0.15, 0.2) is 17.2 Å². The molecule has 0 saturated carbocycles. The molecule has 2 heterocycles. The lowest BCUT2D eigenvalue weighted by atomic mass is 10.2. The summed E-state index contributed by atoms with van der Waals surface area (Å²) >= 11 is 11.9. The van der Waals surface area contributed by atoms with E-state index in [0.717, 1.165) is 0 Å². The first kappa shape index (κ1) is 19.4. The number of nitrogens with zero attached hydrogens (tertiary/aromatic N) is 3. The number of hydrogen-bond donors (Lipinski definition) is 0. The Balaban J connectivity index is 2.33. The Hall–Kier alpha value is -0.953. The molecule has 0 amide bonds. The fraction of sp³-hybridized carbons (Fsp3) is 0.562. The minimum atomic E-state index is -1.88. The molecule has 132 valence electrons. The molecule has 8 heteroatoms. The van der Waals surface area contributed by atoms with Gasteiger partial charge in [-0.05, 0) is 31.1 Å². The Bertz CT molecular complexity index is 815. The summed E-state index contributed by atoms with van der Waals surface area (Å²) in [5, 5.41) is 0.786. The summed E-state index contributed by atoms with van der Waals surface area (Å²) in [7, 11) is -1.88. The standard InChI is InChI=1S/C16H23Cl2N3O2Si/c1-10(8-23-24(5,6)16(2,3)4)21-9-19-13-11(15(21)22)7-12(17)20-14(13)18/h7,9-10H,8H2,1-6H3. The normalized spacial score (nSPS) is 14.2. The first-order valence-corrected chi connectivity index (χ1v) is 11.5. The van der Waals surface area contributed by atoms with Gasteiger partial charge in [-0.3, -0.25) is 9.36 Å². The summed E-state index contributed by atoms with van der Waals surface area (Å²) in [5.41, 5.74) is 0.164. The van der Waals surface area contributed by atoms with Crippen molar-refractivity contribution in [3.63, 3.8) is 0 Å². The Labute approximate surface area is 153 Å². The molecule has 0 spiro atoms. The topological polar surface area (TPSA) is 57.0 Å². The van der Waals surface area contributed by atoms with Gasteiger partial charge in [0.2, 0.25) is 0 Å². The maximum absolute atomic E-state index is 12.7. The van der Waals surface area contributed by atoms with E-state index in [4.69, 9.17) is 27.6 Å². The summed E-state index contributed by atoms with van der Waals surface area (Å²) in [6.45, 7) is 13.3. The second kappa shape index (κ2) is 6.75. The lowest BCUT2D eigenvalue weighted by molar-refractivity contribution is 0.236. The molecular formula is C16H23Cl2N3O2Si. The van der Waals surface area contributed by atoms with Crippen molar-refractivity contribution in [1.29, 1.82) is 0 Å². The van der Waals surface area contributed by atoms with Gasteiger partial charge in [0, 0.05) is 0 Å². The Morgan fingerprint density at radius 3 is 2.54 bits per heavy atom. The van der Waals surface area contributed by atoms with E-state index in [9.17, 15) is 4.79 Å². The molecule has 0 aliphatic rings. The fourth-order valence-electron chi connectivity index (χ4n) is 2.01. The largest absolute Gasteiger partial charge is 0.415 e. The first-order chi connectivity index (χ1) is 10.9. The minimum absolute atomic E-state index is 0.117. The second-order valence-electron chi connectivity index (χ2n) is 7.51. The van der Waals surface area contributed by atoms with Crippen molar-refractivity contribution >= 4 is 42.4 Å². The van der Waals surface area contributed by atoms with Gasteiger partial charge in [0.05, 0.1) is 24.4 Å². The highest BCUT2D eigenvalue weighted by molar-refractivity contribution is 6.74. The molecule has 2 aromatic heterocycles. The Kier molecular flexibility index (Phi) is 5.45. The molecule has 0 bridgehead atoms. The monoisotopic (exact) mass is 387 g/mol. The van der Waals surface area contributed by atoms with Crippen molar-refractivity contribution in [1.82, 2.24) is 14.5 Å². The van der Waals surface area contributed by atoms with Gasteiger partial charge in [-0.15, -0.1) is 0 Å². The van der Waals surface area contributed by atoms with E-state index >= 15 is 0 Å². The zero-order valence-corrected chi connectivity index (χ0v) is 17.4. The maximum atomic E-state index is 12.7. The van der Waals surface area contributed by atoms with Gasteiger partial charge in [-0.2, -0.15) is 0 Å². The van der Waals surface area contributed by atoms with Gasteiger partial charge in [-0.25, -0.2) is 9.97 Å². The molecule has 0 fully saturated rings. The molecule has 0 saturated heterocycles. The van der Waals surface area contributed by atoms with Crippen LogP contribution in [0.3, 0.4) is 0 Å². The van der Waals surface area contributed by atoms with Gasteiger partial charge in [-0.1, -0.05) is 44.0 Å². The molecule has 5 nitrogen and oxygen atoms in total. The van der Waals surface area contributed by atoms with Crippen LogP contribution in [0.4, 0.5) is 0 Å². The summed E-state index contributed by atoms with van der Waals surface area (Å²) in [6.07, 6.45) is 1.49. The molecule has 0 radical (unpaired) electrons. The highest BCUT2D eigenvalue weighted by Gasteiger charge is 2.37. The summed E-state index contributed by atoms with van der Waals surface area (Å²) in [4.78, 5) is 20.9. The number of hydrogen-bond acceptors (Lipinski definition) is 4. The van der Waals surface area contributed by atoms with E-state index in [-0.39, 0.29) is 26.9 Å². The van der Waals surface area contributed by atoms with Crippen LogP contribution in [0.5, 0.6) is 0 Å². The second-order valence-corrected chi connectivity index (χ2v) is 13.1. The average molecular weight is 388 g/mol. The molecule has 1 atom stereocenters. The molecule has 0 aromatic carbocycles. The molecule has 2 aromatic rings. The van der Waals surface area contributed by atoms with Crippen LogP contribution in [0.1, 0.15) is 33.7 Å². The molecule has 0 aliphatic carbocycles. The van der Waals surface area contributed by atoms with E-state index in [1.807, 2.05) is 6.92 Å². The van der Waals surface area contributed by atoms with Crippen LogP contribution < -0.4 is 5.56 Å². The number of halogens is 2. The third-order valence-corrected chi connectivity index (χ3v) is 9.62. The third-order valence-electron chi connectivity index (χ3n) is 4.66. The van der Waals surface area contributed by atoms with Crippen LogP contribution in [0.2, 0.25) is 28.4 Å². The maximum Gasteiger partial charge on any atom is 0.261 e. The van der Waals surface area contributed by atoms with Crippen LogP contribution >= 0.6 is 23.2 Å². The van der Waals surface area contributed by atoms with Crippen molar-refractivity contribution in [2.75, 3.05) is 6.61 Å². The smallest absolute Gasteiger partial charge is 0.261 e. The van der Waals surface area contributed by atoms with Crippen molar-refractivity contribution in [3.8, 4) is 0 Å². The van der Waals surface area contributed by atoms with Crippen LogP contribution in [-0.4, -0.2) is 29.5 Å². The van der Waals surface area contributed by atoms with E-state index in [1.54, 1.807) is 4.57 Å². The highest BCUT2D eigenvalue weighted by Crippen LogP contribution is 2.36. The first-order valence-electron chi connectivity index (χ1n) is 7.81. The zero-order valence-electron chi connectivity index (χ0n) is 14.9. The molecule has 1 unspecified atom stereocenters. The summed E-state index contributed by atoms with van der Waals surface area (Å²) < 4.78 is 7.77. The molecule has 0 N–H and O–H groups in total. The van der Waals surface area contributed by atoms with E-state index in [0.29, 0.717) is 17.5 Å². The van der Waals surface area contributed by atoms with Gasteiger partial charge in [0.15, 0.2) is 13.5 Å². The molecule has 24 heavy (non-hydrogen) atoms. The minimum Gasteiger partial charge on any atom is -0.415 e. The van der Waals surface area contributed by atoms with E-state index in [1.165, 1.54) is 12.4 Å². The third kappa shape index (κ3) is 3.82. The number of fused-ring (bicyclic) bond motifs is 1. The van der Waals surface area contributed by atoms with E-state index < -0.39 is 8.32 Å². The molecular weight excluding hydrogens is 365 g/mol. The van der Waals surface area contributed by atoms with Crippen molar-refractivity contribution < 1.29 is 4.43 Å². The highest BCUT2D eigenvalue weighted by atomic mass is 35.5. The summed E-state index contributed by atoms with van der Waals surface area (Å²) in [5.74, 6) is 0. The van der Waals surface area contributed by atoms with Gasteiger partial charge < -0.3 is 4.43 Å². The van der Waals surface area contributed by atoms with E-state index in [2.05, 4.69) is 43.8 Å². The van der Waals surface area contributed by atoms with Crippen LogP contribution in [-0.2, 0) is 4.43 Å². The number of rotatable bonds is 4. The quantitative estimate of drug-likeness (QED) is 0.564. The van der Waals surface area contributed by atoms with Gasteiger partial charge in [0.1, 0.15) is 10.7 Å². The van der Waals surface area contributed by atoms with Gasteiger partial charge in [0.25, 0.3) is 5.56 Å². The van der Waals surface area contributed by atoms with Crippen molar-refractivity contribution in [3.05, 3.63) is 33.1 Å². The number of aromatic nitrogens is 3. The van der Waals surface area contributed by atoms with Crippen molar-refractivity contribution in [2.24, 2.45) is 0 Å². The van der Waals surface area contributed by atoms with Gasteiger partial charge >= 0.3 is 0 Å². The lowest BCUT2D eigenvalue weighted by Crippen LogP contribution is -2.42. The van der Waals surface area contributed by atoms with Crippen LogP contribution in [0.25, 0.3) is 10.9 Å². The predicted molar refractivity (Wildman–Crippen MR) is 102 cm³/mol. The van der Waals surface area contributed by atoms with Crippen LogP contribution in [0, 0.1) is 0 Å². The SMILES string of the molecule is CC(CO[Si](C)(C)C(C)(C)C)n1cnc2c(Cl)nc(Cl)cc2c1=O.